The van der Waals surface area contributed by atoms with Gasteiger partial charge in [-0.3, -0.25) is 10.2 Å². The second-order valence-electron chi connectivity index (χ2n) is 5.15. The number of carbonyl (C=O) groups excluding carboxylic acids is 1. The molecule has 2 unspecified atom stereocenters. The van der Waals surface area contributed by atoms with E-state index in [-0.39, 0.29) is 5.91 Å². The Morgan fingerprint density at radius 3 is 2.90 bits per heavy atom. The van der Waals surface area contributed by atoms with E-state index in [9.17, 15) is 4.79 Å². The number of amides is 1. The lowest BCUT2D eigenvalue weighted by molar-refractivity contribution is -0.120. The fourth-order valence-corrected chi connectivity index (χ4v) is 2.44. The van der Waals surface area contributed by atoms with Gasteiger partial charge in [-0.25, -0.2) is 5.43 Å². The number of benzene rings is 1. The zero-order valence-corrected chi connectivity index (χ0v) is 12.0. The zero-order valence-electron chi connectivity index (χ0n) is 12.0. The van der Waals surface area contributed by atoms with E-state index in [1.54, 1.807) is 0 Å². The Kier molecular flexibility index (Phi) is 5.98. The Hall–Kier alpha value is -1.43. The van der Waals surface area contributed by atoms with Crippen LogP contribution in [0.25, 0.3) is 0 Å². The minimum Gasteiger partial charge on any atom is -0.355 e. The van der Waals surface area contributed by atoms with E-state index in [0.29, 0.717) is 18.5 Å². The van der Waals surface area contributed by atoms with E-state index in [0.717, 1.165) is 26.1 Å². The van der Waals surface area contributed by atoms with Crippen molar-refractivity contribution in [3.63, 3.8) is 0 Å². The minimum absolute atomic E-state index is 0.0713. The number of hydrazine groups is 1. The molecule has 0 radical (unpaired) electrons. The van der Waals surface area contributed by atoms with Crippen LogP contribution < -0.4 is 21.5 Å². The van der Waals surface area contributed by atoms with Gasteiger partial charge >= 0.3 is 0 Å². The Bertz CT molecular complexity index is 410. The molecule has 1 aromatic carbocycles. The van der Waals surface area contributed by atoms with Gasteiger partial charge in [0.15, 0.2) is 0 Å². The molecule has 0 aromatic heterocycles. The molecule has 0 saturated carbocycles. The van der Waals surface area contributed by atoms with Crippen molar-refractivity contribution in [2.75, 3.05) is 26.2 Å². The Morgan fingerprint density at radius 1 is 1.35 bits per heavy atom. The number of nitrogens with one attached hydrogen (secondary N) is 4. The first-order chi connectivity index (χ1) is 9.81. The Labute approximate surface area is 120 Å². The molecule has 5 heteroatoms. The molecule has 5 nitrogen and oxygen atoms in total. The van der Waals surface area contributed by atoms with Gasteiger partial charge in [0.2, 0.25) is 5.91 Å². The van der Waals surface area contributed by atoms with Gasteiger partial charge in [0.25, 0.3) is 0 Å². The van der Waals surface area contributed by atoms with Crippen LogP contribution in [0.2, 0.25) is 0 Å². The number of rotatable bonds is 7. The number of hydrogen-bond acceptors (Lipinski definition) is 4. The second kappa shape index (κ2) is 7.99. The first-order valence-corrected chi connectivity index (χ1v) is 7.32. The highest BCUT2D eigenvalue weighted by Crippen LogP contribution is 2.23. The average Bonchev–Trinajstić information content (AvgIpc) is 2.94. The largest absolute Gasteiger partial charge is 0.355 e. The third kappa shape index (κ3) is 4.30. The maximum atomic E-state index is 11.5. The summed E-state index contributed by atoms with van der Waals surface area (Å²) in [5, 5.41) is 6.11. The Morgan fingerprint density at radius 2 is 2.15 bits per heavy atom. The van der Waals surface area contributed by atoms with Crippen LogP contribution >= 0.6 is 0 Å². The predicted molar refractivity (Wildman–Crippen MR) is 80.0 cm³/mol. The van der Waals surface area contributed by atoms with E-state index < -0.39 is 0 Å². The van der Waals surface area contributed by atoms with E-state index >= 15 is 0 Å². The van der Waals surface area contributed by atoms with Gasteiger partial charge < -0.3 is 10.6 Å². The molecule has 20 heavy (non-hydrogen) atoms. The third-order valence-electron chi connectivity index (χ3n) is 3.52. The van der Waals surface area contributed by atoms with Crippen molar-refractivity contribution in [1.29, 1.82) is 0 Å². The molecule has 110 valence electrons. The smallest absolute Gasteiger partial charge is 0.233 e. The lowest BCUT2D eigenvalue weighted by Crippen LogP contribution is -2.37. The maximum absolute atomic E-state index is 11.5. The molecular formula is C15H24N4O. The maximum Gasteiger partial charge on any atom is 0.233 e. The molecule has 2 rings (SSSR count). The first-order valence-electron chi connectivity index (χ1n) is 7.32. The highest BCUT2D eigenvalue weighted by atomic mass is 16.1. The molecule has 2 atom stereocenters. The van der Waals surface area contributed by atoms with Crippen LogP contribution in [0.15, 0.2) is 30.3 Å². The van der Waals surface area contributed by atoms with Gasteiger partial charge in [-0.15, -0.1) is 0 Å². The van der Waals surface area contributed by atoms with Crippen LogP contribution in [0, 0.1) is 5.92 Å². The molecule has 1 amide bonds. The number of carbonyl (C=O) groups is 1. The summed E-state index contributed by atoms with van der Waals surface area (Å²) < 4.78 is 0. The van der Waals surface area contributed by atoms with E-state index in [2.05, 4.69) is 45.8 Å². The van der Waals surface area contributed by atoms with Crippen molar-refractivity contribution in [1.82, 2.24) is 21.5 Å². The normalized spacial score (nSPS) is 21.9. The molecule has 1 aromatic rings. The fourth-order valence-electron chi connectivity index (χ4n) is 2.44. The predicted octanol–water partition coefficient (Wildman–Crippen LogP) is 0.568. The highest BCUT2D eigenvalue weighted by molar-refractivity contribution is 5.77. The van der Waals surface area contributed by atoms with Gasteiger partial charge in [0, 0.05) is 25.6 Å². The molecule has 0 bridgehead atoms. The summed E-state index contributed by atoms with van der Waals surface area (Å²) in [4.78, 5) is 11.5. The highest BCUT2D eigenvalue weighted by Gasteiger charge is 2.27. The second-order valence-corrected chi connectivity index (χ2v) is 5.15. The summed E-state index contributed by atoms with van der Waals surface area (Å²) in [6.07, 6.45) is 0.971. The Balaban J connectivity index is 1.76. The molecule has 1 fully saturated rings. The van der Waals surface area contributed by atoms with Gasteiger partial charge in [-0.1, -0.05) is 37.3 Å². The molecule has 1 aliphatic heterocycles. The zero-order chi connectivity index (χ0) is 14.2. The summed E-state index contributed by atoms with van der Waals surface area (Å²) in [6, 6.07) is 10.7. The standard InChI is InChI=1S/C15H24N4O/c1-2-8-17-14(20)11-16-9-13-10-18-19-15(13)12-6-4-3-5-7-12/h3-7,13,15-16,18-19H,2,8-11H2,1H3,(H,17,20). The lowest BCUT2D eigenvalue weighted by Gasteiger charge is -2.19. The van der Waals surface area contributed by atoms with Crippen molar-refractivity contribution in [3.05, 3.63) is 35.9 Å². The monoisotopic (exact) mass is 276 g/mol. The topological polar surface area (TPSA) is 65.2 Å². The molecule has 0 spiro atoms. The van der Waals surface area contributed by atoms with Gasteiger partial charge in [0.1, 0.15) is 0 Å². The van der Waals surface area contributed by atoms with Crippen molar-refractivity contribution < 1.29 is 4.79 Å². The van der Waals surface area contributed by atoms with Crippen molar-refractivity contribution >= 4 is 5.91 Å². The van der Waals surface area contributed by atoms with Crippen molar-refractivity contribution in [2.24, 2.45) is 5.92 Å². The summed E-state index contributed by atoms with van der Waals surface area (Å²) in [7, 11) is 0. The van der Waals surface area contributed by atoms with Gasteiger partial charge in [0.05, 0.1) is 12.6 Å². The number of hydrogen-bond donors (Lipinski definition) is 4. The molecule has 0 aliphatic carbocycles. The SMILES string of the molecule is CCCNC(=O)CNCC1CNNC1c1ccccc1. The van der Waals surface area contributed by atoms with Crippen LogP contribution in [0.5, 0.6) is 0 Å². The van der Waals surface area contributed by atoms with Crippen LogP contribution in [0.4, 0.5) is 0 Å². The summed E-state index contributed by atoms with van der Waals surface area (Å²) in [5.74, 6) is 0.512. The fraction of sp³-hybridized carbons (Fsp3) is 0.533. The molecule has 1 aliphatic rings. The summed E-state index contributed by atoms with van der Waals surface area (Å²) >= 11 is 0. The van der Waals surface area contributed by atoms with E-state index in [4.69, 9.17) is 0 Å². The average molecular weight is 276 g/mol. The van der Waals surface area contributed by atoms with E-state index in [1.165, 1.54) is 5.56 Å². The molecule has 4 N–H and O–H groups in total. The van der Waals surface area contributed by atoms with Gasteiger partial charge in [-0.2, -0.15) is 0 Å². The minimum atomic E-state index is 0.0713. The third-order valence-corrected chi connectivity index (χ3v) is 3.52. The van der Waals surface area contributed by atoms with Crippen molar-refractivity contribution in [2.45, 2.75) is 19.4 Å². The van der Waals surface area contributed by atoms with Gasteiger partial charge in [-0.05, 0) is 12.0 Å². The van der Waals surface area contributed by atoms with Crippen LogP contribution in [-0.4, -0.2) is 32.1 Å². The van der Waals surface area contributed by atoms with Crippen molar-refractivity contribution in [3.8, 4) is 0 Å². The quantitative estimate of drug-likeness (QED) is 0.588. The van der Waals surface area contributed by atoms with Crippen LogP contribution in [-0.2, 0) is 4.79 Å². The van der Waals surface area contributed by atoms with Crippen LogP contribution in [0.3, 0.4) is 0 Å². The molecule has 1 saturated heterocycles. The lowest BCUT2D eigenvalue weighted by atomic mass is 9.95. The summed E-state index contributed by atoms with van der Waals surface area (Å²) in [6.45, 7) is 4.91. The summed E-state index contributed by atoms with van der Waals surface area (Å²) in [5.41, 5.74) is 7.79. The van der Waals surface area contributed by atoms with E-state index in [1.807, 2.05) is 13.0 Å². The molecule has 1 heterocycles. The molecular weight excluding hydrogens is 252 g/mol. The first kappa shape index (κ1) is 15.0. The van der Waals surface area contributed by atoms with Crippen LogP contribution in [0.1, 0.15) is 24.9 Å².